The number of aryl methyl sites for hydroxylation is 2. The van der Waals surface area contributed by atoms with E-state index in [1.165, 1.54) is 6.92 Å². The van der Waals surface area contributed by atoms with E-state index in [-0.39, 0.29) is 17.2 Å². The minimum atomic E-state index is -0.362. The van der Waals surface area contributed by atoms with Crippen molar-refractivity contribution in [3.8, 4) is 0 Å². The topological polar surface area (TPSA) is 90.7 Å². The smallest absolute Gasteiger partial charge is 0.183 e. The highest BCUT2D eigenvalue weighted by atomic mass is 16.3. The van der Waals surface area contributed by atoms with Crippen LogP contribution in [0.3, 0.4) is 0 Å². The van der Waals surface area contributed by atoms with Crippen LogP contribution >= 0.6 is 0 Å². The lowest BCUT2D eigenvalue weighted by atomic mass is 10.1. The molecule has 108 valence electrons. The van der Waals surface area contributed by atoms with Crippen molar-refractivity contribution in [1.29, 1.82) is 0 Å². The lowest BCUT2D eigenvalue weighted by molar-refractivity contribution is -0.113. The van der Waals surface area contributed by atoms with Crippen LogP contribution in [0.25, 0.3) is 5.76 Å². The summed E-state index contributed by atoms with van der Waals surface area (Å²) in [7, 11) is 0. The number of H-pyrrole nitrogens is 1. The van der Waals surface area contributed by atoms with Gasteiger partial charge in [-0.25, -0.2) is 0 Å². The predicted octanol–water partition coefficient (Wildman–Crippen LogP) is 3.63. The molecule has 1 aromatic heterocycles. The first-order valence-corrected chi connectivity index (χ1v) is 6.43. The van der Waals surface area contributed by atoms with Gasteiger partial charge in [0.05, 0.1) is 11.4 Å². The number of aromatic nitrogens is 2. The number of rotatable bonds is 4. The van der Waals surface area contributed by atoms with Gasteiger partial charge in [-0.2, -0.15) is 5.10 Å². The monoisotopic (exact) mass is 284 g/mol. The Kier molecular flexibility index (Phi) is 4.27. The quantitative estimate of drug-likeness (QED) is 0.510. The highest BCUT2D eigenvalue weighted by molar-refractivity contribution is 5.99. The Morgan fingerprint density at radius 3 is 2.43 bits per heavy atom. The van der Waals surface area contributed by atoms with Crippen molar-refractivity contribution in [2.75, 3.05) is 0 Å². The van der Waals surface area contributed by atoms with E-state index in [0.717, 1.165) is 5.69 Å². The molecule has 0 aliphatic carbocycles. The van der Waals surface area contributed by atoms with E-state index in [2.05, 4.69) is 20.4 Å². The average Bonchev–Trinajstić information content (AvgIpc) is 2.79. The summed E-state index contributed by atoms with van der Waals surface area (Å²) in [4.78, 5) is 11.7. The van der Waals surface area contributed by atoms with Crippen LogP contribution in [0.2, 0.25) is 0 Å². The summed E-state index contributed by atoms with van der Waals surface area (Å²) in [6.07, 6.45) is 0. The molecule has 6 heteroatoms. The number of nitrogens with zero attached hydrogens (tertiary/aromatic N) is 3. The zero-order chi connectivity index (χ0) is 15.4. The Morgan fingerprint density at radius 1 is 1.24 bits per heavy atom. The third-order valence-electron chi connectivity index (χ3n) is 2.94. The Morgan fingerprint density at radius 2 is 1.90 bits per heavy atom. The van der Waals surface area contributed by atoms with Gasteiger partial charge in [0, 0.05) is 12.5 Å². The lowest BCUT2D eigenvalue weighted by Gasteiger charge is -2.03. The Hall–Kier alpha value is -2.76. The molecule has 0 unspecified atom stereocenters. The predicted molar refractivity (Wildman–Crippen MR) is 79.2 cm³/mol. The number of nitrogens with one attached hydrogen (secondary N) is 1. The number of aliphatic hydroxyl groups is 1. The van der Waals surface area contributed by atoms with E-state index in [4.69, 9.17) is 0 Å². The van der Waals surface area contributed by atoms with Crippen LogP contribution in [0.5, 0.6) is 0 Å². The van der Waals surface area contributed by atoms with Gasteiger partial charge in [-0.1, -0.05) is 30.3 Å². The minimum absolute atomic E-state index is 0.0822. The molecule has 0 bridgehead atoms. The van der Waals surface area contributed by atoms with Crippen molar-refractivity contribution < 1.29 is 9.90 Å². The van der Waals surface area contributed by atoms with Crippen molar-refractivity contribution in [1.82, 2.24) is 10.2 Å². The second-order valence-electron chi connectivity index (χ2n) is 4.60. The number of benzene rings is 1. The molecule has 0 amide bonds. The summed E-state index contributed by atoms with van der Waals surface area (Å²) in [5.74, 6) is -0.551. The Labute approximate surface area is 122 Å². The molecule has 0 spiro atoms. The maximum Gasteiger partial charge on any atom is 0.183 e. The second-order valence-corrected chi connectivity index (χ2v) is 4.60. The van der Waals surface area contributed by atoms with E-state index in [1.807, 2.05) is 13.0 Å². The molecule has 2 aromatic rings. The molecule has 21 heavy (non-hydrogen) atoms. The molecule has 0 atom stereocenters. The molecule has 0 saturated carbocycles. The fourth-order valence-electron chi connectivity index (χ4n) is 1.81. The molecular formula is C15H16N4O2. The number of allylic oxidation sites excluding steroid dienone is 1. The van der Waals surface area contributed by atoms with Gasteiger partial charge in [-0.3, -0.25) is 9.89 Å². The fraction of sp³-hybridized carbons (Fsp3) is 0.200. The first-order valence-electron chi connectivity index (χ1n) is 6.43. The van der Waals surface area contributed by atoms with E-state index in [0.29, 0.717) is 16.9 Å². The zero-order valence-corrected chi connectivity index (χ0v) is 12.1. The molecule has 2 rings (SSSR count). The van der Waals surface area contributed by atoms with Gasteiger partial charge < -0.3 is 5.11 Å². The largest absolute Gasteiger partial charge is 0.505 e. The number of carbonyl (C=O) groups excluding carboxylic acids is 1. The Bertz CT molecular complexity index is 695. The van der Waals surface area contributed by atoms with Gasteiger partial charge in [0.25, 0.3) is 0 Å². The van der Waals surface area contributed by atoms with Crippen LogP contribution in [0.15, 0.2) is 46.3 Å². The third-order valence-corrected chi connectivity index (χ3v) is 2.94. The average molecular weight is 284 g/mol. The Balaban J connectivity index is 2.44. The van der Waals surface area contributed by atoms with Crippen LogP contribution in [0.4, 0.5) is 5.69 Å². The molecular weight excluding hydrogens is 268 g/mol. The lowest BCUT2D eigenvalue weighted by Crippen LogP contribution is -1.98. The van der Waals surface area contributed by atoms with Gasteiger partial charge in [0.2, 0.25) is 0 Å². The number of carbonyl (C=O) groups is 1. The van der Waals surface area contributed by atoms with Crippen LogP contribution in [-0.4, -0.2) is 21.1 Å². The number of hydrogen-bond acceptors (Lipinski definition) is 5. The van der Waals surface area contributed by atoms with Gasteiger partial charge in [0.15, 0.2) is 17.2 Å². The molecule has 2 N–H and O–H groups in total. The van der Waals surface area contributed by atoms with Crippen LogP contribution in [-0.2, 0) is 4.79 Å². The summed E-state index contributed by atoms with van der Waals surface area (Å²) in [5.41, 5.74) is 2.43. The molecule has 0 radical (unpaired) electrons. The summed E-state index contributed by atoms with van der Waals surface area (Å²) < 4.78 is 0. The van der Waals surface area contributed by atoms with Gasteiger partial charge >= 0.3 is 0 Å². The molecule has 6 nitrogen and oxygen atoms in total. The summed E-state index contributed by atoms with van der Waals surface area (Å²) in [6, 6.07) is 8.75. The third kappa shape index (κ3) is 3.22. The minimum Gasteiger partial charge on any atom is -0.505 e. The normalized spacial score (nSPS) is 12.5. The molecule has 1 aromatic carbocycles. The first-order chi connectivity index (χ1) is 10.0. The zero-order valence-electron chi connectivity index (χ0n) is 12.1. The van der Waals surface area contributed by atoms with Gasteiger partial charge in [-0.15, -0.1) is 10.2 Å². The van der Waals surface area contributed by atoms with Crippen LogP contribution in [0.1, 0.15) is 23.9 Å². The number of Topliss-reactive ketones (excluding diaryl/α,β-unsaturated/α-hetero) is 1. The van der Waals surface area contributed by atoms with E-state index in [9.17, 15) is 9.90 Å². The molecule has 0 aliphatic rings. The van der Waals surface area contributed by atoms with Crippen LogP contribution < -0.4 is 0 Å². The second kappa shape index (κ2) is 6.13. The number of aliphatic hydroxyl groups excluding tert-OH is 1. The van der Waals surface area contributed by atoms with Crippen molar-refractivity contribution >= 4 is 17.2 Å². The maximum atomic E-state index is 11.7. The number of azo groups is 1. The van der Waals surface area contributed by atoms with E-state index >= 15 is 0 Å². The molecule has 0 saturated heterocycles. The summed E-state index contributed by atoms with van der Waals surface area (Å²) in [6.45, 7) is 4.93. The van der Waals surface area contributed by atoms with E-state index < -0.39 is 0 Å². The molecule has 1 heterocycles. The van der Waals surface area contributed by atoms with Crippen molar-refractivity contribution in [3.05, 3.63) is 53.0 Å². The van der Waals surface area contributed by atoms with Crippen molar-refractivity contribution in [2.24, 2.45) is 10.2 Å². The van der Waals surface area contributed by atoms with Crippen LogP contribution in [0, 0.1) is 13.8 Å². The number of ketones is 1. The van der Waals surface area contributed by atoms with Gasteiger partial charge in [0.1, 0.15) is 5.69 Å². The van der Waals surface area contributed by atoms with Crippen molar-refractivity contribution in [3.63, 3.8) is 0 Å². The highest BCUT2D eigenvalue weighted by Crippen LogP contribution is 2.24. The standard InChI is InChI=1S/C15H16N4O2/c1-9-13(10(2)17-16-9)18-19-14(11(3)20)15(21)12-7-5-4-6-8-12/h4-8,21H,1-3H3,(H,16,17)/b15-14-,19-18?. The van der Waals surface area contributed by atoms with Gasteiger partial charge in [-0.05, 0) is 13.8 Å². The maximum absolute atomic E-state index is 11.7. The van der Waals surface area contributed by atoms with Crippen molar-refractivity contribution in [2.45, 2.75) is 20.8 Å². The molecule has 0 fully saturated rings. The summed E-state index contributed by atoms with van der Waals surface area (Å²) in [5, 5.41) is 24.9. The molecule has 0 aliphatic heterocycles. The number of aromatic amines is 1. The number of hydrogen-bond donors (Lipinski definition) is 2. The van der Waals surface area contributed by atoms with E-state index in [1.54, 1.807) is 31.2 Å². The summed E-state index contributed by atoms with van der Waals surface area (Å²) >= 11 is 0. The highest BCUT2D eigenvalue weighted by Gasteiger charge is 2.13. The fourth-order valence-corrected chi connectivity index (χ4v) is 1.81. The SMILES string of the molecule is CC(=O)/C(N=Nc1c(C)n[nH]c1C)=C(/O)c1ccccc1. The first kappa shape index (κ1) is 14.6.